The van der Waals surface area contributed by atoms with Crippen molar-refractivity contribution >= 4 is 34.8 Å². The van der Waals surface area contributed by atoms with Gasteiger partial charge in [0.25, 0.3) is 11.5 Å². The Balaban J connectivity index is 1.77. The second-order valence-electron chi connectivity index (χ2n) is 6.41. The molecule has 0 spiro atoms. The number of carbonyl (C=O) groups excluding carboxylic acids is 2. The molecular formula is C22H20ClN3O3. The highest BCUT2D eigenvalue weighted by Gasteiger charge is 2.10. The average Bonchev–Trinajstić information content (AvgIpc) is 2.72. The Morgan fingerprint density at radius 2 is 1.76 bits per heavy atom. The summed E-state index contributed by atoms with van der Waals surface area (Å²) in [6, 6.07) is 16.9. The van der Waals surface area contributed by atoms with Crippen LogP contribution < -0.4 is 16.2 Å². The molecule has 2 N–H and O–H groups in total. The molecule has 7 heteroatoms. The fraction of sp³-hybridized carbons (Fsp3) is 0.136. The van der Waals surface area contributed by atoms with Crippen LogP contribution in [0.25, 0.3) is 0 Å². The zero-order valence-corrected chi connectivity index (χ0v) is 16.6. The van der Waals surface area contributed by atoms with E-state index in [4.69, 9.17) is 11.6 Å². The summed E-state index contributed by atoms with van der Waals surface area (Å²) in [6.45, 7) is 2.05. The number of benzene rings is 2. The fourth-order valence-electron chi connectivity index (χ4n) is 2.73. The Hall–Kier alpha value is -3.38. The van der Waals surface area contributed by atoms with Crippen LogP contribution in [-0.4, -0.2) is 16.4 Å². The third-order valence-electron chi connectivity index (χ3n) is 4.27. The highest BCUT2D eigenvalue weighted by Crippen LogP contribution is 2.17. The molecule has 148 valence electrons. The van der Waals surface area contributed by atoms with Gasteiger partial charge in [-0.15, -0.1) is 0 Å². The normalized spacial score (nSPS) is 10.4. The molecule has 0 fully saturated rings. The van der Waals surface area contributed by atoms with Crippen LogP contribution in [0, 0.1) is 0 Å². The maximum atomic E-state index is 12.6. The number of amides is 2. The molecule has 0 radical (unpaired) electrons. The minimum absolute atomic E-state index is 0.130. The largest absolute Gasteiger partial charge is 0.326 e. The number of nitrogens with one attached hydrogen (secondary N) is 2. The van der Waals surface area contributed by atoms with Gasteiger partial charge in [0.05, 0.1) is 12.2 Å². The first-order valence-electron chi connectivity index (χ1n) is 9.11. The summed E-state index contributed by atoms with van der Waals surface area (Å²) in [5.74, 6) is -0.477. The van der Waals surface area contributed by atoms with Crippen molar-refractivity contribution in [1.29, 1.82) is 0 Å². The third-order valence-corrected chi connectivity index (χ3v) is 4.64. The Morgan fingerprint density at radius 1 is 0.966 bits per heavy atom. The molecule has 0 unspecified atom stereocenters. The first-order valence-corrected chi connectivity index (χ1v) is 9.49. The van der Waals surface area contributed by atoms with Gasteiger partial charge in [-0.05, 0) is 35.9 Å². The van der Waals surface area contributed by atoms with Gasteiger partial charge < -0.3 is 15.2 Å². The van der Waals surface area contributed by atoms with Crippen LogP contribution in [0.1, 0.15) is 29.3 Å². The number of aromatic nitrogens is 1. The number of rotatable bonds is 6. The summed E-state index contributed by atoms with van der Waals surface area (Å²) < 4.78 is 1.48. The second kappa shape index (κ2) is 9.21. The fourth-order valence-corrected chi connectivity index (χ4v) is 2.93. The Labute approximate surface area is 173 Å². The van der Waals surface area contributed by atoms with Crippen LogP contribution in [0.4, 0.5) is 11.4 Å². The third kappa shape index (κ3) is 5.33. The van der Waals surface area contributed by atoms with Crippen LogP contribution in [0.3, 0.4) is 0 Å². The summed E-state index contributed by atoms with van der Waals surface area (Å²) in [5, 5.41) is 6.07. The number of anilines is 2. The molecule has 29 heavy (non-hydrogen) atoms. The molecule has 6 nitrogen and oxygen atoms in total. The second-order valence-corrected chi connectivity index (χ2v) is 6.82. The Morgan fingerprint density at radius 3 is 2.52 bits per heavy atom. The monoisotopic (exact) mass is 409 g/mol. The topological polar surface area (TPSA) is 80.2 Å². The lowest BCUT2D eigenvalue weighted by Crippen LogP contribution is -2.21. The van der Waals surface area contributed by atoms with Crippen molar-refractivity contribution in [3.05, 3.63) is 93.4 Å². The molecule has 0 aliphatic rings. The summed E-state index contributed by atoms with van der Waals surface area (Å²) in [6.07, 6.45) is 1.93. The number of halogens is 1. The molecular weight excluding hydrogens is 390 g/mol. The molecule has 0 saturated carbocycles. The molecule has 0 bridgehead atoms. The Bertz CT molecular complexity index is 1110. The number of nitrogens with zero attached hydrogens (tertiary/aromatic N) is 1. The predicted molar refractivity (Wildman–Crippen MR) is 115 cm³/mol. The van der Waals surface area contributed by atoms with E-state index in [2.05, 4.69) is 10.6 Å². The number of hydrogen-bond donors (Lipinski definition) is 2. The summed E-state index contributed by atoms with van der Waals surface area (Å²) in [5.41, 5.74) is 2.02. The van der Waals surface area contributed by atoms with E-state index < -0.39 is 0 Å². The lowest BCUT2D eigenvalue weighted by atomic mass is 10.2. The molecule has 3 aromatic rings. The predicted octanol–water partition coefficient (Wildman–Crippen LogP) is 4.15. The van der Waals surface area contributed by atoms with Gasteiger partial charge in [-0.1, -0.05) is 42.8 Å². The first-order chi connectivity index (χ1) is 14.0. The zero-order chi connectivity index (χ0) is 20.8. The summed E-state index contributed by atoms with van der Waals surface area (Å²) in [4.78, 5) is 36.3. The SMILES string of the molecule is CCC(=O)Nc1cccc(C(=O)Nc2ccc(=O)n(Cc3ccccc3Cl)c2)c1. The van der Waals surface area contributed by atoms with E-state index in [1.165, 1.54) is 10.6 Å². The minimum Gasteiger partial charge on any atom is -0.326 e. The van der Waals surface area contributed by atoms with E-state index in [9.17, 15) is 14.4 Å². The van der Waals surface area contributed by atoms with Crippen molar-refractivity contribution in [3.63, 3.8) is 0 Å². The van der Waals surface area contributed by atoms with Crippen molar-refractivity contribution in [2.24, 2.45) is 0 Å². The quantitative estimate of drug-likeness (QED) is 0.641. The van der Waals surface area contributed by atoms with Crippen molar-refractivity contribution in [3.8, 4) is 0 Å². The minimum atomic E-state index is -0.347. The van der Waals surface area contributed by atoms with Gasteiger partial charge in [-0.3, -0.25) is 14.4 Å². The molecule has 1 heterocycles. The van der Waals surface area contributed by atoms with Crippen LogP contribution in [0.15, 0.2) is 71.7 Å². The zero-order valence-electron chi connectivity index (χ0n) is 15.8. The number of carbonyl (C=O) groups is 2. The van der Waals surface area contributed by atoms with E-state index >= 15 is 0 Å². The maximum Gasteiger partial charge on any atom is 0.255 e. The number of pyridine rings is 1. The summed E-state index contributed by atoms with van der Waals surface area (Å²) in [7, 11) is 0. The molecule has 0 atom stereocenters. The van der Waals surface area contributed by atoms with Gasteiger partial charge in [-0.2, -0.15) is 0 Å². The molecule has 1 aromatic heterocycles. The van der Waals surface area contributed by atoms with Crippen LogP contribution in [0.5, 0.6) is 0 Å². The maximum absolute atomic E-state index is 12.6. The van der Waals surface area contributed by atoms with Gasteiger partial charge in [0, 0.05) is 35.0 Å². The molecule has 2 amide bonds. The van der Waals surface area contributed by atoms with Crippen molar-refractivity contribution in [2.45, 2.75) is 19.9 Å². The van der Waals surface area contributed by atoms with Crippen LogP contribution in [0.2, 0.25) is 5.02 Å². The van der Waals surface area contributed by atoms with E-state index in [1.54, 1.807) is 49.5 Å². The number of hydrogen-bond acceptors (Lipinski definition) is 3. The molecule has 3 rings (SSSR count). The molecule has 0 aliphatic carbocycles. The van der Waals surface area contributed by atoms with Crippen molar-refractivity contribution < 1.29 is 9.59 Å². The van der Waals surface area contributed by atoms with Gasteiger partial charge in [0.15, 0.2) is 0 Å². The summed E-state index contributed by atoms with van der Waals surface area (Å²) >= 11 is 6.18. The van der Waals surface area contributed by atoms with Gasteiger partial charge in [-0.25, -0.2) is 0 Å². The smallest absolute Gasteiger partial charge is 0.255 e. The van der Waals surface area contributed by atoms with E-state index in [0.29, 0.717) is 34.9 Å². The van der Waals surface area contributed by atoms with E-state index in [1.807, 2.05) is 18.2 Å². The highest BCUT2D eigenvalue weighted by atomic mass is 35.5. The highest BCUT2D eigenvalue weighted by molar-refractivity contribution is 6.31. The Kier molecular flexibility index (Phi) is 6.46. The van der Waals surface area contributed by atoms with Crippen molar-refractivity contribution in [2.75, 3.05) is 10.6 Å². The first kappa shape index (κ1) is 20.4. The standard InChI is InChI=1S/C22H20ClN3O3/c1-2-20(27)24-17-8-5-7-15(12-17)22(29)25-18-10-11-21(28)26(14-18)13-16-6-3-4-9-19(16)23/h3-12,14H,2,13H2,1H3,(H,24,27)(H,25,29). The average molecular weight is 410 g/mol. The van der Waals surface area contributed by atoms with Crippen molar-refractivity contribution in [1.82, 2.24) is 4.57 Å². The van der Waals surface area contributed by atoms with Crippen LogP contribution >= 0.6 is 11.6 Å². The van der Waals surface area contributed by atoms with Gasteiger partial charge in [0.1, 0.15) is 0 Å². The lowest BCUT2D eigenvalue weighted by molar-refractivity contribution is -0.115. The van der Waals surface area contributed by atoms with E-state index in [-0.39, 0.29) is 17.4 Å². The molecule has 2 aromatic carbocycles. The van der Waals surface area contributed by atoms with Gasteiger partial charge >= 0.3 is 0 Å². The van der Waals surface area contributed by atoms with Gasteiger partial charge in [0.2, 0.25) is 5.91 Å². The van der Waals surface area contributed by atoms with Crippen LogP contribution in [-0.2, 0) is 11.3 Å². The lowest BCUT2D eigenvalue weighted by Gasteiger charge is -2.11. The molecule has 0 saturated heterocycles. The van der Waals surface area contributed by atoms with E-state index in [0.717, 1.165) is 5.56 Å². The molecule has 0 aliphatic heterocycles.